The van der Waals surface area contributed by atoms with Crippen LogP contribution in [-0.4, -0.2) is 29.3 Å². The zero-order valence-corrected chi connectivity index (χ0v) is 14.6. The molecule has 0 aromatic heterocycles. The number of likely N-dealkylation sites (tertiary alicyclic amines) is 1. The third kappa shape index (κ3) is 3.76. The first-order valence-electron chi connectivity index (χ1n) is 8.52. The van der Waals surface area contributed by atoms with Gasteiger partial charge in [0.05, 0.1) is 11.6 Å². The van der Waals surface area contributed by atoms with Crippen LogP contribution in [0, 0.1) is 16.7 Å². The molecule has 1 saturated heterocycles. The van der Waals surface area contributed by atoms with Gasteiger partial charge in [-0.3, -0.25) is 9.59 Å². The van der Waals surface area contributed by atoms with Crippen LogP contribution in [0.5, 0.6) is 0 Å². The smallest absolute Gasteiger partial charge is 0.239 e. The summed E-state index contributed by atoms with van der Waals surface area (Å²) in [6.45, 7) is 6.16. The van der Waals surface area contributed by atoms with Crippen molar-refractivity contribution in [2.24, 2.45) is 5.41 Å². The Balaban J connectivity index is 2.10. The standard InChI is InChI=1S/C19H25N3O2/c1-4-16-7-5-6-12-22(16)18(24)19(2,3)17(23)21-15-10-8-14(13-20)9-11-15/h8-11,16H,4-7,12H2,1-3H3,(H,21,23). The lowest BCUT2D eigenvalue weighted by Gasteiger charge is -2.39. The van der Waals surface area contributed by atoms with Gasteiger partial charge in [-0.1, -0.05) is 6.92 Å². The Kier molecular flexibility index (Phi) is 5.61. The normalized spacial score (nSPS) is 17.9. The van der Waals surface area contributed by atoms with E-state index < -0.39 is 5.41 Å². The quantitative estimate of drug-likeness (QED) is 0.862. The molecule has 5 nitrogen and oxygen atoms in total. The Morgan fingerprint density at radius 1 is 1.29 bits per heavy atom. The molecule has 5 heteroatoms. The van der Waals surface area contributed by atoms with Crippen LogP contribution in [-0.2, 0) is 9.59 Å². The van der Waals surface area contributed by atoms with Gasteiger partial charge in [0.25, 0.3) is 0 Å². The summed E-state index contributed by atoms with van der Waals surface area (Å²) in [4.78, 5) is 27.5. The number of piperidine rings is 1. The van der Waals surface area contributed by atoms with Crippen molar-refractivity contribution < 1.29 is 9.59 Å². The summed E-state index contributed by atoms with van der Waals surface area (Å²) in [5, 5.41) is 11.6. The molecular weight excluding hydrogens is 302 g/mol. The lowest BCUT2D eigenvalue weighted by molar-refractivity contribution is -0.149. The van der Waals surface area contributed by atoms with Crippen molar-refractivity contribution >= 4 is 17.5 Å². The molecule has 0 bridgehead atoms. The monoisotopic (exact) mass is 327 g/mol. The lowest BCUT2D eigenvalue weighted by atomic mass is 9.87. The molecule has 1 aliphatic heterocycles. The van der Waals surface area contributed by atoms with Crippen molar-refractivity contribution in [2.45, 2.75) is 52.5 Å². The highest BCUT2D eigenvalue weighted by Crippen LogP contribution is 2.28. The van der Waals surface area contributed by atoms with Crippen molar-refractivity contribution in [3.63, 3.8) is 0 Å². The molecule has 24 heavy (non-hydrogen) atoms. The minimum Gasteiger partial charge on any atom is -0.339 e. The summed E-state index contributed by atoms with van der Waals surface area (Å²) in [7, 11) is 0. The van der Waals surface area contributed by atoms with Crippen LogP contribution >= 0.6 is 0 Å². The van der Waals surface area contributed by atoms with Crippen molar-refractivity contribution in [3.8, 4) is 6.07 Å². The van der Waals surface area contributed by atoms with E-state index in [0.717, 1.165) is 32.2 Å². The van der Waals surface area contributed by atoms with Crippen LogP contribution in [0.1, 0.15) is 52.0 Å². The number of hydrogen-bond donors (Lipinski definition) is 1. The minimum absolute atomic E-state index is 0.111. The SMILES string of the molecule is CCC1CCCCN1C(=O)C(C)(C)C(=O)Nc1ccc(C#N)cc1. The number of carbonyl (C=O) groups excluding carboxylic acids is 2. The third-order valence-corrected chi connectivity index (χ3v) is 4.73. The van der Waals surface area contributed by atoms with Crippen LogP contribution in [0.25, 0.3) is 0 Å². The molecule has 1 unspecified atom stereocenters. The van der Waals surface area contributed by atoms with Crippen molar-refractivity contribution in [1.82, 2.24) is 4.90 Å². The van der Waals surface area contributed by atoms with E-state index in [2.05, 4.69) is 12.2 Å². The largest absolute Gasteiger partial charge is 0.339 e. The van der Waals surface area contributed by atoms with Crippen LogP contribution in [0.15, 0.2) is 24.3 Å². The first-order valence-corrected chi connectivity index (χ1v) is 8.52. The fourth-order valence-corrected chi connectivity index (χ4v) is 3.06. The van der Waals surface area contributed by atoms with Crippen molar-refractivity contribution in [2.75, 3.05) is 11.9 Å². The Bertz CT molecular complexity index is 644. The summed E-state index contributed by atoms with van der Waals surface area (Å²) in [5.74, 6) is -0.433. The number of carbonyl (C=O) groups is 2. The van der Waals surface area contributed by atoms with E-state index in [1.807, 2.05) is 11.0 Å². The van der Waals surface area contributed by atoms with Crippen LogP contribution in [0.3, 0.4) is 0 Å². The summed E-state index contributed by atoms with van der Waals surface area (Å²) in [5.41, 5.74) is -0.00781. The lowest BCUT2D eigenvalue weighted by Crippen LogP contribution is -2.52. The topological polar surface area (TPSA) is 73.2 Å². The molecule has 0 aliphatic carbocycles. The second-order valence-corrected chi connectivity index (χ2v) is 6.82. The zero-order chi connectivity index (χ0) is 17.7. The highest BCUT2D eigenvalue weighted by molar-refractivity contribution is 6.09. The molecule has 1 fully saturated rings. The maximum absolute atomic E-state index is 12.9. The van der Waals surface area contributed by atoms with E-state index in [4.69, 9.17) is 5.26 Å². The maximum atomic E-state index is 12.9. The Hall–Kier alpha value is -2.35. The average Bonchev–Trinajstić information content (AvgIpc) is 2.61. The number of nitriles is 1. The first-order chi connectivity index (χ1) is 11.4. The van der Waals surface area contributed by atoms with Crippen LogP contribution < -0.4 is 5.32 Å². The van der Waals surface area contributed by atoms with Gasteiger partial charge < -0.3 is 10.2 Å². The Labute approximate surface area is 143 Å². The van der Waals surface area contributed by atoms with Gasteiger partial charge in [-0.05, 0) is 63.8 Å². The fraction of sp³-hybridized carbons (Fsp3) is 0.526. The van der Waals surface area contributed by atoms with Crippen molar-refractivity contribution in [3.05, 3.63) is 29.8 Å². The van der Waals surface area contributed by atoms with Gasteiger partial charge in [-0.2, -0.15) is 5.26 Å². The van der Waals surface area contributed by atoms with E-state index in [1.54, 1.807) is 38.1 Å². The predicted molar refractivity (Wildman–Crippen MR) is 93.2 cm³/mol. The molecule has 2 amide bonds. The maximum Gasteiger partial charge on any atom is 0.239 e. The van der Waals surface area contributed by atoms with Gasteiger partial charge in [-0.25, -0.2) is 0 Å². The molecule has 128 valence electrons. The van der Waals surface area contributed by atoms with Gasteiger partial charge in [0.15, 0.2) is 0 Å². The molecule has 1 aromatic carbocycles. The molecule has 0 saturated carbocycles. The van der Waals surface area contributed by atoms with Gasteiger partial charge in [0.1, 0.15) is 5.41 Å². The zero-order valence-electron chi connectivity index (χ0n) is 14.6. The van der Waals surface area contributed by atoms with E-state index in [0.29, 0.717) is 11.3 Å². The first kappa shape index (κ1) is 18.0. The van der Waals surface area contributed by atoms with Gasteiger partial charge >= 0.3 is 0 Å². The molecule has 1 aliphatic rings. The number of hydrogen-bond acceptors (Lipinski definition) is 3. The summed E-state index contributed by atoms with van der Waals surface area (Å²) in [6, 6.07) is 8.90. The molecule has 1 atom stereocenters. The van der Waals surface area contributed by atoms with Crippen LogP contribution in [0.4, 0.5) is 5.69 Å². The highest BCUT2D eigenvalue weighted by Gasteiger charge is 2.41. The minimum atomic E-state index is -1.13. The van der Waals surface area contributed by atoms with E-state index >= 15 is 0 Å². The molecule has 2 rings (SSSR count). The van der Waals surface area contributed by atoms with Crippen LogP contribution in [0.2, 0.25) is 0 Å². The summed E-state index contributed by atoms with van der Waals surface area (Å²) >= 11 is 0. The fourth-order valence-electron chi connectivity index (χ4n) is 3.06. The van der Waals surface area contributed by atoms with Crippen molar-refractivity contribution in [1.29, 1.82) is 5.26 Å². The number of anilines is 1. The second-order valence-electron chi connectivity index (χ2n) is 6.82. The number of amides is 2. The number of nitrogens with one attached hydrogen (secondary N) is 1. The Morgan fingerprint density at radius 2 is 1.96 bits per heavy atom. The molecular formula is C19H25N3O2. The molecule has 0 radical (unpaired) electrons. The molecule has 0 spiro atoms. The second kappa shape index (κ2) is 7.48. The highest BCUT2D eigenvalue weighted by atomic mass is 16.2. The third-order valence-electron chi connectivity index (χ3n) is 4.73. The summed E-state index contributed by atoms with van der Waals surface area (Å²) in [6.07, 6.45) is 4.06. The Morgan fingerprint density at radius 3 is 2.54 bits per heavy atom. The average molecular weight is 327 g/mol. The number of benzene rings is 1. The van der Waals surface area contributed by atoms with Gasteiger partial charge in [0, 0.05) is 18.3 Å². The number of nitrogens with zero attached hydrogens (tertiary/aromatic N) is 2. The van der Waals surface area contributed by atoms with E-state index in [1.165, 1.54) is 0 Å². The summed E-state index contributed by atoms with van der Waals surface area (Å²) < 4.78 is 0. The van der Waals surface area contributed by atoms with E-state index in [9.17, 15) is 9.59 Å². The molecule has 1 heterocycles. The van der Waals surface area contributed by atoms with Gasteiger partial charge in [-0.15, -0.1) is 0 Å². The van der Waals surface area contributed by atoms with Gasteiger partial charge in [0.2, 0.25) is 11.8 Å². The van der Waals surface area contributed by atoms with E-state index in [-0.39, 0.29) is 17.9 Å². The molecule has 1 N–H and O–H groups in total. The number of rotatable bonds is 4. The predicted octanol–water partition coefficient (Wildman–Crippen LogP) is 3.31. The molecule has 1 aromatic rings.